The molecule has 4 nitrogen and oxygen atoms in total. The molecule has 26 heavy (non-hydrogen) atoms. The topological polar surface area (TPSA) is 47.6 Å². The van der Waals surface area contributed by atoms with Crippen molar-refractivity contribution in [2.24, 2.45) is 0 Å². The summed E-state index contributed by atoms with van der Waals surface area (Å²) in [7, 11) is 0. The molecule has 3 rings (SSSR count). The molecule has 0 aliphatic carbocycles. The van der Waals surface area contributed by atoms with Crippen molar-refractivity contribution in [1.82, 2.24) is 5.32 Å². The molecule has 0 bridgehead atoms. The second-order valence-electron chi connectivity index (χ2n) is 6.00. The Morgan fingerprint density at radius 3 is 2.73 bits per heavy atom. The summed E-state index contributed by atoms with van der Waals surface area (Å²) in [6.45, 7) is 2.96. The normalized spacial score (nSPS) is 14.7. The highest BCUT2D eigenvalue weighted by Crippen LogP contribution is 2.38. The minimum atomic E-state index is -0.307. The minimum Gasteiger partial charge on any atom is -0.489 e. The number of hydrogen-bond donors (Lipinski definition) is 1. The van der Waals surface area contributed by atoms with Gasteiger partial charge in [-0.25, -0.2) is 4.39 Å². The van der Waals surface area contributed by atoms with Gasteiger partial charge in [0.25, 0.3) is 0 Å². The summed E-state index contributed by atoms with van der Waals surface area (Å²) in [6, 6.07) is 9.31. The SMILES string of the molecule is C[C@H](NC(=O)/C=C/c1cc(Cl)c2c(c1)OCCCO2)c1ccc(F)cc1. The van der Waals surface area contributed by atoms with Crippen LogP contribution in [0.25, 0.3) is 6.08 Å². The molecular formula is C20H19ClFNO3. The molecular weight excluding hydrogens is 357 g/mol. The zero-order chi connectivity index (χ0) is 18.5. The highest BCUT2D eigenvalue weighted by molar-refractivity contribution is 6.32. The third-order valence-electron chi connectivity index (χ3n) is 3.98. The quantitative estimate of drug-likeness (QED) is 0.798. The molecule has 1 aliphatic rings. The van der Waals surface area contributed by atoms with Gasteiger partial charge in [-0.15, -0.1) is 0 Å². The van der Waals surface area contributed by atoms with E-state index in [-0.39, 0.29) is 17.8 Å². The third kappa shape index (κ3) is 4.55. The van der Waals surface area contributed by atoms with E-state index in [0.29, 0.717) is 29.7 Å². The average Bonchev–Trinajstić information content (AvgIpc) is 2.86. The van der Waals surface area contributed by atoms with Gasteiger partial charge in [0.2, 0.25) is 5.91 Å². The molecule has 6 heteroatoms. The van der Waals surface area contributed by atoms with Crippen molar-refractivity contribution >= 4 is 23.6 Å². The lowest BCUT2D eigenvalue weighted by atomic mass is 10.1. The van der Waals surface area contributed by atoms with Crippen LogP contribution in [0.15, 0.2) is 42.5 Å². The van der Waals surface area contributed by atoms with E-state index in [2.05, 4.69) is 5.32 Å². The van der Waals surface area contributed by atoms with E-state index in [9.17, 15) is 9.18 Å². The van der Waals surface area contributed by atoms with Crippen LogP contribution in [0.3, 0.4) is 0 Å². The number of carbonyl (C=O) groups is 1. The average molecular weight is 376 g/mol. The Morgan fingerprint density at radius 1 is 1.23 bits per heavy atom. The van der Waals surface area contributed by atoms with Crippen LogP contribution in [-0.4, -0.2) is 19.1 Å². The molecule has 2 aromatic carbocycles. The highest BCUT2D eigenvalue weighted by atomic mass is 35.5. The van der Waals surface area contributed by atoms with E-state index in [1.54, 1.807) is 30.3 Å². The van der Waals surface area contributed by atoms with Crippen molar-refractivity contribution in [3.63, 3.8) is 0 Å². The van der Waals surface area contributed by atoms with Crippen LogP contribution < -0.4 is 14.8 Å². The van der Waals surface area contributed by atoms with E-state index in [4.69, 9.17) is 21.1 Å². The number of rotatable bonds is 4. The molecule has 1 amide bonds. The monoisotopic (exact) mass is 375 g/mol. The van der Waals surface area contributed by atoms with Crippen LogP contribution in [-0.2, 0) is 4.79 Å². The minimum absolute atomic E-state index is 0.236. The Balaban J connectivity index is 1.67. The lowest BCUT2D eigenvalue weighted by Crippen LogP contribution is -2.24. The van der Waals surface area contributed by atoms with E-state index >= 15 is 0 Å². The summed E-state index contributed by atoms with van der Waals surface area (Å²) in [5.41, 5.74) is 1.57. The molecule has 136 valence electrons. The number of halogens is 2. The zero-order valence-electron chi connectivity index (χ0n) is 14.3. The maximum atomic E-state index is 13.0. The van der Waals surface area contributed by atoms with E-state index < -0.39 is 0 Å². The van der Waals surface area contributed by atoms with Crippen LogP contribution in [0.5, 0.6) is 11.5 Å². The fourth-order valence-electron chi connectivity index (χ4n) is 2.62. The molecule has 0 saturated carbocycles. The number of nitrogens with one attached hydrogen (secondary N) is 1. The highest BCUT2D eigenvalue weighted by Gasteiger charge is 2.15. The smallest absolute Gasteiger partial charge is 0.244 e. The first kappa shape index (κ1) is 18.3. The van der Waals surface area contributed by atoms with Gasteiger partial charge in [-0.1, -0.05) is 23.7 Å². The van der Waals surface area contributed by atoms with Gasteiger partial charge in [-0.05, 0) is 48.4 Å². The van der Waals surface area contributed by atoms with E-state index in [1.807, 2.05) is 6.92 Å². The molecule has 0 aromatic heterocycles. The van der Waals surface area contributed by atoms with Crippen LogP contribution in [0, 0.1) is 5.82 Å². The van der Waals surface area contributed by atoms with E-state index in [0.717, 1.165) is 17.5 Å². The predicted molar refractivity (Wildman–Crippen MR) is 99.1 cm³/mol. The maximum Gasteiger partial charge on any atom is 0.244 e. The molecule has 2 aromatic rings. The van der Waals surface area contributed by atoms with E-state index in [1.165, 1.54) is 18.2 Å². The van der Waals surface area contributed by atoms with Crippen molar-refractivity contribution in [3.8, 4) is 11.5 Å². The van der Waals surface area contributed by atoms with Crippen molar-refractivity contribution in [1.29, 1.82) is 0 Å². The molecule has 0 radical (unpaired) electrons. The van der Waals surface area contributed by atoms with Gasteiger partial charge in [0.05, 0.1) is 24.3 Å². The van der Waals surface area contributed by atoms with Crippen molar-refractivity contribution in [3.05, 3.63) is 64.4 Å². The van der Waals surface area contributed by atoms with Crippen molar-refractivity contribution in [2.75, 3.05) is 13.2 Å². The molecule has 0 spiro atoms. The zero-order valence-corrected chi connectivity index (χ0v) is 15.1. The standard InChI is InChI=1S/C20H19ClFNO3/c1-13(15-4-6-16(22)7-5-15)23-19(24)8-3-14-11-17(21)20-18(12-14)25-9-2-10-26-20/h3-8,11-13H,2,9-10H2,1H3,(H,23,24)/b8-3+/t13-/m0/s1. The lowest BCUT2D eigenvalue weighted by Gasteiger charge is -2.13. The van der Waals surface area contributed by atoms with Crippen LogP contribution in [0.1, 0.15) is 30.5 Å². The second kappa shape index (κ2) is 8.23. The van der Waals surface area contributed by atoms with Gasteiger partial charge in [0, 0.05) is 12.5 Å². The number of benzene rings is 2. The lowest BCUT2D eigenvalue weighted by molar-refractivity contribution is -0.117. The fraction of sp³-hybridized carbons (Fsp3) is 0.250. The van der Waals surface area contributed by atoms with Gasteiger partial charge in [0.15, 0.2) is 11.5 Å². The molecule has 0 fully saturated rings. The summed E-state index contributed by atoms with van der Waals surface area (Å²) >= 11 is 6.24. The number of hydrogen-bond acceptors (Lipinski definition) is 3. The number of carbonyl (C=O) groups excluding carboxylic acids is 1. The van der Waals surface area contributed by atoms with Gasteiger partial charge in [-0.2, -0.15) is 0 Å². The van der Waals surface area contributed by atoms with Gasteiger partial charge in [0.1, 0.15) is 5.82 Å². The third-order valence-corrected chi connectivity index (χ3v) is 4.26. The summed E-state index contributed by atoms with van der Waals surface area (Å²) < 4.78 is 24.2. The summed E-state index contributed by atoms with van der Waals surface area (Å²) in [5, 5.41) is 3.28. The van der Waals surface area contributed by atoms with Crippen molar-refractivity contribution < 1.29 is 18.7 Å². The first-order valence-electron chi connectivity index (χ1n) is 8.36. The maximum absolute atomic E-state index is 13.0. The fourth-order valence-corrected chi connectivity index (χ4v) is 2.89. The molecule has 1 heterocycles. The number of fused-ring (bicyclic) bond motifs is 1. The molecule has 0 saturated heterocycles. The van der Waals surface area contributed by atoms with Crippen LogP contribution >= 0.6 is 11.6 Å². The summed E-state index contributed by atoms with van der Waals surface area (Å²) in [5.74, 6) is 0.550. The Morgan fingerprint density at radius 2 is 1.96 bits per heavy atom. The Bertz CT molecular complexity index is 821. The first-order chi connectivity index (χ1) is 12.5. The number of ether oxygens (including phenoxy) is 2. The largest absolute Gasteiger partial charge is 0.489 e. The van der Waals surface area contributed by atoms with Gasteiger partial charge in [-0.3, -0.25) is 4.79 Å². The molecule has 0 unspecified atom stereocenters. The molecule has 1 N–H and O–H groups in total. The molecule has 1 aliphatic heterocycles. The predicted octanol–water partition coefficient (Wildman–Crippen LogP) is 4.53. The second-order valence-corrected chi connectivity index (χ2v) is 6.40. The Kier molecular flexibility index (Phi) is 5.78. The number of amides is 1. The molecule has 1 atom stereocenters. The first-order valence-corrected chi connectivity index (χ1v) is 8.74. The van der Waals surface area contributed by atoms with Crippen molar-refractivity contribution in [2.45, 2.75) is 19.4 Å². The van der Waals surface area contributed by atoms with Crippen LogP contribution in [0.4, 0.5) is 4.39 Å². The van der Waals surface area contributed by atoms with Gasteiger partial charge >= 0.3 is 0 Å². The summed E-state index contributed by atoms with van der Waals surface area (Å²) in [4.78, 5) is 12.1. The van der Waals surface area contributed by atoms with Gasteiger partial charge < -0.3 is 14.8 Å². The summed E-state index contributed by atoms with van der Waals surface area (Å²) in [6.07, 6.45) is 3.88. The Labute approximate surface area is 156 Å². The Hall–Kier alpha value is -2.53. The van der Waals surface area contributed by atoms with Crippen LogP contribution in [0.2, 0.25) is 5.02 Å².